The van der Waals surface area contributed by atoms with Gasteiger partial charge in [-0.15, -0.1) is 0 Å². The van der Waals surface area contributed by atoms with E-state index in [2.05, 4.69) is 4.98 Å². The molecule has 0 aliphatic heterocycles. The monoisotopic (exact) mass is 445 g/mol. The summed E-state index contributed by atoms with van der Waals surface area (Å²) in [6.45, 7) is -0.475. The Balaban J connectivity index is 1.84. The summed E-state index contributed by atoms with van der Waals surface area (Å²) in [5.74, 6) is 0.653. The van der Waals surface area contributed by atoms with E-state index in [-0.39, 0.29) is 0 Å². The van der Waals surface area contributed by atoms with Crippen LogP contribution in [0.3, 0.4) is 0 Å². The van der Waals surface area contributed by atoms with Crippen LogP contribution in [0.25, 0.3) is 10.9 Å². The fourth-order valence-corrected chi connectivity index (χ4v) is 3.59. The van der Waals surface area contributed by atoms with E-state index < -0.39 is 6.92 Å². The molecule has 0 aliphatic carbocycles. The Morgan fingerprint density at radius 1 is 0.679 bits per heavy atom. The number of halogens is 4. The van der Waals surface area contributed by atoms with Crippen LogP contribution < -0.4 is 15.6 Å². The molecule has 0 radical (unpaired) electrons. The normalized spacial score (nSPS) is 10.9. The van der Waals surface area contributed by atoms with Gasteiger partial charge in [-0.05, 0) is 47.3 Å². The number of aromatic nitrogens is 1. The van der Waals surface area contributed by atoms with Crippen LogP contribution in [-0.4, -0.2) is 11.9 Å². The van der Waals surface area contributed by atoms with Crippen molar-refractivity contribution in [3.63, 3.8) is 0 Å². The number of fused-ring (bicyclic) bond motifs is 1. The van der Waals surface area contributed by atoms with E-state index in [4.69, 9.17) is 51.1 Å². The first-order valence-electron chi connectivity index (χ1n) is 8.43. The third-order valence-corrected chi connectivity index (χ3v) is 5.81. The minimum absolute atomic E-state index is 0.448. The first-order valence-corrected chi connectivity index (χ1v) is 9.94. The Labute approximate surface area is 183 Å². The summed E-state index contributed by atoms with van der Waals surface area (Å²) >= 11 is 24.7. The van der Waals surface area contributed by atoms with Crippen LogP contribution in [0.5, 0.6) is 5.75 Å². The van der Waals surface area contributed by atoms with Crippen LogP contribution in [0.1, 0.15) is 0 Å². The number of benzene rings is 3. The average Bonchev–Trinajstić information content (AvgIpc) is 2.70. The molecule has 7 heteroatoms. The van der Waals surface area contributed by atoms with Crippen molar-refractivity contribution in [2.75, 3.05) is 0 Å². The number of hydrogen-bond acceptors (Lipinski definition) is 2. The molecule has 28 heavy (non-hydrogen) atoms. The number of para-hydroxylation sites is 1. The summed E-state index contributed by atoms with van der Waals surface area (Å²) in [7, 11) is 0. The van der Waals surface area contributed by atoms with Crippen LogP contribution in [-0.2, 0) is 0 Å². The molecule has 1 heterocycles. The second-order valence-electron chi connectivity index (χ2n) is 6.18. The zero-order valence-electron chi connectivity index (χ0n) is 14.4. The van der Waals surface area contributed by atoms with Gasteiger partial charge < -0.3 is 4.65 Å². The first-order chi connectivity index (χ1) is 13.5. The first kappa shape index (κ1) is 19.4. The molecule has 0 saturated heterocycles. The van der Waals surface area contributed by atoms with Gasteiger partial charge in [0.15, 0.2) is 0 Å². The van der Waals surface area contributed by atoms with Crippen LogP contribution >= 0.6 is 46.4 Å². The topological polar surface area (TPSA) is 22.1 Å². The van der Waals surface area contributed by atoms with E-state index in [0.29, 0.717) is 25.8 Å². The molecule has 0 saturated carbocycles. The lowest BCUT2D eigenvalue weighted by Gasteiger charge is -2.18. The highest BCUT2D eigenvalue weighted by Crippen LogP contribution is 2.25. The summed E-state index contributed by atoms with van der Waals surface area (Å²) in [5, 5.41) is 2.84. The molecular formula is C21H12BCl4NO. The van der Waals surface area contributed by atoms with Gasteiger partial charge in [-0.25, -0.2) is 0 Å². The Kier molecular flexibility index (Phi) is 5.70. The smallest absolute Gasteiger partial charge is 0.426 e. The lowest BCUT2D eigenvalue weighted by atomic mass is 9.55. The van der Waals surface area contributed by atoms with Gasteiger partial charge in [0.1, 0.15) is 11.3 Å². The molecule has 4 aromatic rings. The molecule has 0 spiro atoms. The molecule has 138 valence electrons. The molecule has 4 rings (SSSR count). The number of pyridine rings is 1. The number of rotatable bonds is 4. The Morgan fingerprint density at radius 3 is 1.89 bits per heavy atom. The maximum Gasteiger partial charge on any atom is 0.426 e. The van der Waals surface area contributed by atoms with Crippen LogP contribution in [0, 0.1) is 0 Å². The van der Waals surface area contributed by atoms with Crippen molar-refractivity contribution >= 4 is 75.1 Å². The van der Waals surface area contributed by atoms with Gasteiger partial charge in [-0.1, -0.05) is 76.7 Å². The van der Waals surface area contributed by atoms with Crippen molar-refractivity contribution in [1.82, 2.24) is 4.98 Å². The van der Waals surface area contributed by atoms with Crippen molar-refractivity contribution < 1.29 is 4.65 Å². The molecule has 0 N–H and O–H groups in total. The zero-order valence-corrected chi connectivity index (χ0v) is 17.4. The highest BCUT2D eigenvalue weighted by Gasteiger charge is 2.26. The minimum Gasteiger partial charge on any atom is -0.550 e. The van der Waals surface area contributed by atoms with Gasteiger partial charge in [-0.2, -0.15) is 0 Å². The summed E-state index contributed by atoms with van der Waals surface area (Å²) in [6.07, 6.45) is 1.74. The summed E-state index contributed by atoms with van der Waals surface area (Å²) < 4.78 is 6.42. The third kappa shape index (κ3) is 3.94. The van der Waals surface area contributed by atoms with Crippen molar-refractivity contribution in [2.24, 2.45) is 0 Å². The van der Waals surface area contributed by atoms with Gasteiger partial charge >= 0.3 is 6.92 Å². The van der Waals surface area contributed by atoms with Gasteiger partial charge in [-0.3, -0.25) is 4.98 Å². The van der Waals surface area contributed by atoms with Gasteiger partial charge in [0, 0.05) is 11.6 Å². The summed E-state index contributed by atoms with van der Waals surface area (Å²) in [5.41, 5.74) is 2.44. The maximum absolute atomic E-state index is 6.42. The molecule has 0 bridgehead atoms. The fourth-order valence-electron chi connectivity index (χ4n) is 2.98. The highest BCUT2D eigenvalue weighted by molar-refractivity contribution is 6.81. The molecule has 0 amide bonds. The molecule has 0 aliphatic rings. The molecule has 3 aromatic carbocycles. The van der Waals surface area contributed by atoms with Crippen molar-refractivity contribution in [1.29, 1.82) is 0 Å². The van der Waals surface area contributed by atoms with Gasteiger partial charge in [0.05, 0.1) is 20.1 Å². The second kappa shape index (κ2) is 8.22. The molecule has 1 aromatic heterocycles. The highest BCUT2D eigenvalue weighted by atomic mass is 35.5. The van der Waals surface area contributed by atoms with Crippen molar-refractivity contribution in [3.8, 4) is 5.75 Å². The van der Waals surface area contributed by atoms with E-state index in [1.54, 1.807) is 30.5 Å². The molecule has 0 fully saturated rings. The predicted octanol–water partition coefficient (Wildman–Crippen LogP) is 6.03. The predicted molar refractivity (Wildman–Crippen MR) is 120 cm³/mol. The van der Waals surface area contributed by atoms with Crippen LogP contribution in [0.4, 0.5) is 0 Å². The van der Waals surface area contributed by atoms with E-state index in [0.717, 1.165) is 21.8 Å². The number of nitrogens with zero attached hydrogens (tertiary/aromatic N) is 1. The van der Waals surface area contributed by atoms with Crippen LogP contribution in [0.15, 0.2) is 72.9 Å². The molecule has 0 unspecified atom stereocenters. The van der Waals surface area contributed by atoms with E-state index in [9.17, 15) is 0 Å². The van der Waals surface area contributed by atoms with Gasteiger partial charge in [0.2, 0.25) is 0 Å². The van der Waals surface area contributed by atoms with E-state index >= 15 is 0 Å². The SMILES string of the molecule is Clc1ccc(B(Oc2cccc3cccnc23)c2ccc(Cl)c(Cl)c2)cc1Cl. The minimum atomic E-state index is -0.475. The van der Waals surface area contributed by atoms with Gasteiger partial charge in [0.25, 0.3) is 0 Å². The lowest BCUT2D eigenvalue weighted by molar-refractivity contribution is 0.597. The van der Waals surface area contributed by atoms with Crippen LogP contribution in [0.2, 0.25) is 20.1 Å². The van der Waals surface area contributed by atoms with E-state index in [1.165, 1.54) is 0 Å². The quantitative estimate of drug-likeness (QED) is 0.357. The average molecular weight is 447 g/mol. The summed E-state index contributed by atoms with van der Waals surface area (Å²) in [4.78, 5) is 4.47. The third-order valence-electron chi connectivity index (χ3n) is 4.33. The standard InChI is InChI=1S/C21H12BCl4NO/c23-16-8-6-14(11-18(16)25)22(15-7-9-17(24)19(26)12-15)28-20-5-1-3-13-4-2-10-27-21(13)20/h1-12H. The fraction of sp³-hybridized carbons (Fsp3) is 0. The summed E-state index contributed by atoms with van der Waals surface area (Å²) in [6, 6.07) is 20.5. The van der Waals surface area contributed by atoms with Crippen molar-refractivity contribution in [3.05, 3.63) is 93.0 Å². The zero-order chi connectivity index (χ0) is 19.7. The molecule has 2 nitrogen and oxygen atoms in total. The lowest BCUT2D eigenvalue weighted by Crippen LogP contribution is -2.47. The largest absolute Gasteiger partial charge is 0.550 e. The van der Waals surface area contributed by atoms with E-state index in [1.807, 2.05) is 42.5 Å². The van der Waals surface area contributed by atoms with Crippen molar-refractivity contribution in [2.45, 2.75) is 0 Å². The Hall–Kier alpha value is -1.91. The number of hydrogen-bond donors (Lipinski definition) is 0. The Morgan fingerprint density at radius 2 is 1.29 bits per heavy atom. The molecular weight excluding hydrogens is 435 g/mol. The molecule has 0 atom stereocenters. The maximum atomic E-state index is 6.42. The second-order valence-corrected chi connectivity index (χ2v) is 7.81. The Bertz CT molecular complexity index is 1110.